The molecule has 0 unspecified atom stereocenters. The lowest BCUT2D eigenvalue weighted by Crippen LogP contribution is -2.45. The zero-order valence-electron chi connectivity index (χ0n) is 23.7. The highest BCUT2D eigenvalue weighted by Gasteiger charge is 2.36. The first kappa shape index (κ1) is 30.5. The normalized spacial score (nSPS) is 15.5. The summed E-state index contributed by atoms with van der Waals surface area (Å²) in [6.45, 7) is 10.0. The van der Waals surface area contributed by atoms with Gasteiger partial charge in [0.25, 0.3) is 5.91 Å². The summed E-state index contributed by atoms with van der Waals surface area (Å²) in [5.74, 6) is 0.555. The maximum absolute atomic E-state index is 14.1. The topological polar surface area (TPSA) is 117 Å². The lowest BCUT2D eigenvalue weighted by molar-refractivity contribution is -0.112. The fraction of sp³-hybridized carbons (Fsp3) is 0.310. The number of nitrogen functional groups attached to an aromatic ring is 1. The number of anilines is 4. The molecule has 0 bridgehead atoms. The van der Waals surface area contributed by atoms with Gasteiger partial charge >= 0.3 is 6.18 Å². The minimum atomic E-state index is -4.67. The molecule has 0 spiro atoms. The maximum Gasteiger partial charge on any atom is 0.416 e. The van der Waals surface area contributed by atoms with E-state index in [0.717, 1.165) is 24.7 Å². The van der Waals surface area contributed by atoms with E-state index in [1.54, 1.807) is 41.2 Å². The molecule has 0 saturated carbocycles. The van der Waals surface area contributed by atoms with Crippen molar-refractivity contribution in [1.82, 2.24) is 29.3 Å². The molecule has 0 atom stereocenters. The number of aryl methyl sites for hydroxylation is 1. The van der Waals surface area contributed by atoms with Crippen LogP contribution in [-0.4, -0.2) is 81.2 Å². The molecule has 2 aromatic heterocycles. The van der Waals surface area contributed by atoms with Gasteiger partial charge in [-0.15, -0.1) is 0 Å². The van der Waals surface area contributed by atoms with E-state index >= 15 is 0 Å². The van der Waals surface area contributed by atoms with Gasteiger partial charge in [0.05, 0.1) is 5.57 Å². The molecule has 222 valence electrons. The Labute approximate surface area is 242 Å². The highest BCUT2D eigenvalue weighted by molar-refractivity contribution is 6.06. The molecular weight excluding hydrogens is 547 g/mol. The molecule has 13 heteroatoms. The fourth-order valence-electron chi connectivity index (χ4n) is 4.41. The number of hydrogen-bond donors (Lipinski definition) is 3. The highest BCUT2D eigenvalue weighted by Crippen LogP contribution is 2.33. The molecule has 3 heterocycles. The quantitative estimate of drug-likeness (QED) is 0.250. The van der Waals surface area contributed by atoms with Gasteiger partial charge in [0.1, 0.15) is 18.0 Å². The molecule has 10 nitrogen and oxygen atoms in total. The van der Waals surface area contributed by atoms with E-state index in [9.17, 15) is 18.0 Å². The standard InChI is InChI=1S/C29H34F3N9O/c1-5-21(14-23(29(30,31)32)20(3)17-40-12-10-39(4)11-13-40)27(42)37-22-7-6-19(2)24(15-22)38-28-34-8-9-41(28)26-16-25(33)35-18-36-26/h5-9,14-16,18H,3,10-13,17H2,1-2,4H3,(H,34,38)(H,37,42)(H2,33,35,36)/b21-5+,23-14+. The maximum atomic E-state index is 14.1. The first-order valence-electron chi connectivity index (χ1n) is 13.3. The highest BCUT2D eigenvalue weighted by atomic mass is 19.4. The van der Waals surface area contributed by atoms with Crippen molar-refractivity contribution in [2.24, 2.45) is 0 Å². The second kappa shape index (κ2) is 13.0. The monoisotopic (exact) mass is 581 g/mol. The number of alkyl halides is 3. The molecule has 0 aliphatic carbocycles. The largest absolute Gasteiger partial charge is 0.416 e. The second-order valence-corrected chi connectivity index (χ2v) is 10.0. The van der Waals surface area contributed by atoms with Gasteiger partial charge in [0, 0.05) is 68.1 Å². The summed E-state index contributed by atoms with van der Waals surface area (Å²) in [5, 5.41) is 5.92. The first-order valence-corrected chi connectivity index (χ1v) is 13.3. The minimum Gasteiger partial charge on any atom is -0.384 e. The van der Waals surface area contributed by atoms with Gasteiger partial charge in [0.15, 0.2) is 0 Å². The Hall–Kier alpha value is -4.49. The number of aromatic nitrogens is 4. The number of piperazine rings is 1. The number of benzene rings is 1. The number of carbonyl (C=O) groups is 1. The Balaban J connectivity index is 1.51. The summed E-state index contributed by atoms with van der Waals surface area (Å²) in [5.41, 5.74) is 6.50. The van der Waals surface area contributed by atoms with Crippen molar-refractivity contribution in [3.8, 4) is 5.82 Å². The Kier molecular flexibility index (Phi) is 9.43. The Morgan fingerprint density at radius 2 is 1.88 bits per heavy atom. The summed E-state index contributed by atoms with van der Waals surface area (Å²) >= 11 is 0. The van der Waals surface area contributed by atoms with Gasteiger partial charge in [-0.05, 0) is 50.2 Å². The van der Waals surface area contributed by atoms with Gasteiger partial charge in [-0.1, -0.05) is 18.7 Å². The zero-order chi connectivity index (χ0) is 30.4. The molecular formula is C29H34F3N9O. The van der Waals surface area contributed by atoms with Crippen molar-refractivity contribution >= 4 is 29.0 Å². The van der Waals surface area contributed by atoms with Crippen LogP contribution in [0.2, 0.25) is 0 Å². The number of allylic oxidation sites excluding steroid dienone is 1. The fourth-order valence-corrected chi connectivity index (χ4v) is 4.41. The minimum absolute atomic E-state index is 0.0716. The molecule has 1 aliphatic heterocycles. The van der Waals surface area contributed by atoms with Crippen LogP contribution < -0.4 is 16.4 Å². The number of halogens is 3. The van der Waals surface area contributed by atoms with Gasteiger partial charge in [0.2, 0.25) is 5.95 Å². The molecule has 1 amide bonds. The average Bonchev–Trinajstić information content (AvgIpc) is 3.39. The SMILES string of the molecule is C=C(CN1CCN(C)CC1)/C(=C\C(=C/C)C(=O)Nc1ccc(C)c(Nc2nccn2-c2cc(N)ncn2)c1)C(F)(F)F. The van der Waals surface area contributed by atoms with Crippen LogP contribution in [0.1, 0.15) is 12.5 Å². The summed E-state index contributed by atoms with van der Waals surface area (Å²) < 4.78 is 43.9. The van der Waals surface area contributed by atoms with Gasteiger partial charge < -0.3 is 21.3 Å². The van der Waals surface area contributed by atoms with E-state index in [0.29, 0.717) is 42.0 Å². The molecule has 1 saturated heterocycles. The zero-order valence-corrected chi connectivity index (χ0v) is 23.7. The number of hydrogen-bond acceptors (Lipinski definition) is 8. The third-order valence-corrected chi connectivity index (χ3v) is 6.87. The average molecular weight is 582 g/mol. The first-order chi connectivity index (χ1) is 19.9. The van der Waals surface area contributed by atoms with E-state index in [1.165, 1.54) is 19.3 Å². The molecule has 1 aliphatic rings. The van der Waals surface area contributed by atoms with Crippen molar-refractivity contribution in [2.45, 2.75) is 20.0 Å². The van der Waals surface area contributed by atoms with Crippen molar-refractivity contribution in [2.75, 3.05) is 56.1 Å². The molecule has 1 fully saturated rings. The smallest absolute Gasteiger partial charge is 0.384 e. The van der Waals surface area contributed by atoms with Crippen molar-refractivity contribution in [1.29, 1.82) is 0 Å². The predicted octanol–water partition coefficient (Wildman–Crippen LogP) is 4.47. The third-order valence-electron chi connectivity index (χ3n) is 6.87. The lowest BCUT2D eigenvalue weighted by Gasteiger charge is -2.33. The van der Waals surface area contributed by atoms with Crippen LogP contribution in [0.5, 0.6) is 0 Å². The van der Waals surface area contributed by atoms with Gasteiger partial charge in [-0.2, -0.15) is 13.2 Å². The number of rotatable bonds is 9. The number of likely N-dealkylation sites (N-methyl/N-ethyl adjacent to an activating group) is 1. The third kappa shape index (κ3) is 7.62. The summed E-state index contributed by atoms with van der Waals surface area (Å²) in [6, 6.07) is 6.72. The van der Waals surface area contributed by atoms with Gasteiger partial charge in [-0.3, -0.25) is 14.3 Å². The van der Waals surface area contributed by atoms with Crippen LogP contribution in [0.15, 0.2) is 78.4 Å². The molecule has 4 N–H and O–H groups in total. The van der Waals surface area contributed by atoms with E-state index in [-0.39, 0.29) is 17.7 Å². The van der Waals surface area contributed by atoms with Crippen LogP contribution in [0.3, 0.4) is 0 Å². The number of nitrogens with one attached hydrogen (secondary N) is 2. The van der Waals surface area contributed by atoms with Crippen molar-refractivity contribution in [3.05, 3.63) is 84.0 Å². The molecule has 3 aromatic rings. The number of nitrogens with two attached hydrogens (primary N) is 1. The lowest BCUT2D eigenvalue weighted by atomic mass is 10.0. The van der Waals surface area contributed by atoms with E-state index in [2.05, 4.69) is 37.1 Å². The molecule has 4 rings (SSSR count). The predicted molar refractivity (Wildman–Crippen MR) is 158 cm³/mol. The van der Waals surface area contributed by atoms with Crippen molar-refractivity contribution in [3.63, 3.8) is 0 Å². The second-order valence-electron chi connectivity index (χ2n) is 10.0. The summed E-state index contributed by atoms with van der Waals surface area (Å²) in [7, 11) is 1.97. The van der Waals surface area contributed by atoms with E-state index in [1.807, 2.05) is 18.9 Å². The van der Waals surface area contributed by atoms with Crippen LogP contribution >= 0.6 is 0 Å². The number of amides is 1. The Morgan fingerprint density at radius 3 is 2.55 bits per heavy atom. The number of nitrogens with zero attached hydrogens (tertiary/aromatic N) is 6. The molecule has 0 radical (unpaired) electrons. The summed E-state index contributed by atoms with van der Waals surface area (Å²) in [4.78, 5) is 29.6. The van der Waals surface area contributed by atoms with Crippen LogP contribution in [-0.2, 0) is 4.79 Å². The van der Waals surface area contributed by atoms with Gasteiger partial charge in [-0.25, -0.2) is 15.0 Å². The van der Waals surface area contributed by atoms with Crippen molar-refractivity contribution < 1.29 is 18.0 Å². The summed E-state index contributed by atoms with van der Waals surface area (Å²) in [6.07, 6.45) is 2.17. The molecule has 42 heavy (non-hydrogen) atoms. The van der Waals surface area contributed by atoms with Crippen LogP contribution in [0, 0.1) is 6.92 Å². The van der Waals surface area contributed by atoms with E-state index in [4.69, 9.17) is 5.73 Å². The van der Waals surface area contributed by atoms with Crippen LogP contribution in [0.25, 0.3) is 5.82 Å². The number of imidazole rings is 1. The van der Waals surface area contributed by atoms with Crippen LogP contribution in [0.4, 0.5) is 36.3 Å². The number of carbonyl (C=O) groups excluding carboxylic acids is 1. The Morgan fingerprint density at radius 1 is 1.14 bits per heavy atom. The Bertz CT molecular complexity index is 1500. The van der Waals surface area contributed by atoms with E-state index < -0.39 is 17.7 Å². The molecule has 1 aromatic carbocycles.